The predicted molar refractivity (Wildman–Crippen MR) is 114 cm³/mol. The van der Waals surface area contributed by atoms with Gasteiger partial charge in [0.2, 0.25) is 0 Å². The first-order valence-electron chi connectivity index (χ1n) is 6.95. The molecule has 0 aliphatic rings. The molecule has 1 aromatic carbocycles. The van der Waals surface area contributed by atoms with Crippen molar-refractivity contribution in [1.82, 2.24) is 10.6 Å². The Morgan fingerprint density at radius 3 is 2.50 bits per heavy atom. The van der Waals surface area contributed by atoms with Gasteiger partial charge >= 0.3 is 0 Å². The molecule has 0 radical (unpaired) electrons. The average Bonchev–Trinajstić information content (AvgIpc) is 3.04. The number of guanidine groups is 1. The fourth-order valence-electron chi connectivity index (χ4n) is 1.86. The molecular weight excluding hydrogens is 525 g/mol. The highest BCUT2D eigenvalue weighted by Crippen LogP contribution is 2.15. The Kier molecular flexibility index (Phi) is 9.24. The molecule has 0 amide bonds. The molecule has 0 aliphatic heterocycles. The van der Waals surface area contributed by atoms with Gasteiger partial charge < -0.3 is 10.6 Å². The van der Waals surface area contributed by atoms with E-state index in [0.717, 1.165) is 4.47 Å². The normalized spacial score (nSPS) is 11.7. The molecular formula is C15H19BrIN3O2S2. The summed E-state index contributed by atoms with van der Waals surface area (Å²) in [5.74, 6) is 0.593. The van der Waals surface area contributed by atoms with Crippen molar-refractivity contribution in [3.05, 3.63) is 51.1 Å². The lowest BCUT2D eigenvalue weighted by Crippen LogP contribution is -2.39. The minimum Gasteiger partial charge on any atom is -0.355 e. The SMILES string of the molecule is CN=C(NCCS(=O)(=O)c1ccc(Br)cc1)NCc1ccsc1.I. The minimum atomic E-state index is -3.30. The van der Waals surface area contributed by atoms with Crippen LogP contribution >= 0.6 is 51.2 Å². The first kappa shape index (κ1) is 21.4. The molecule has 0 unspecified atom stereocenters. The number of nitrogens with one attached hydrogen (secondary N) is 2. The molecule has 2 rings (SSSR count). The number of hydrogen-bond donors (Lipinski definition) is 2. The second-order valence-electron chi connectivity index (χ2n) is 4.76. The molecule has 2 aromatic rings. The van der Waals surface area contributed by atoms with Gasteiger partial charge in [0.05, 0.1) is 10.6 Å². The van der Waals surface area contributed by atoms with Crippen LogP contribution < -0.4 is 10.6 Å². The summed E-state index contributed by atoms with van der Waals surface area (Å²) in [5.41, 5.74) is 1.17. The molecule has 132 valence electrons. The lowest BCUT2D eigenvalue weighted by atomic mass is 10.3. The number of hydrogen-bond acceptors (Lipinski definition) is 4. The molecule has 1 heterocycles. The van der Waals surface area contributed by atoms with Crippen LogP contribution in [0.2, 0.25) is 0 Å². The first-order valence-corrected chi connectivity index (χ1v) is 10.3. The van der Waals surface area contributed by atoms with Gasteiger partial charge in [-0.2, -0.15) is 11.3 Å². The van der Waals surface area contributed by atoms with Gasteiger partial charge in [-0.15, -0.1) is 24.0 Å². The average molecular weight is 544 g/mol. The second-order valence-corrected chi connectivity index (χ2v) is 8.56. The Labute approximate surface area is 172 Å². The van der Waals surface area contributed by atoms with E-state index in [-0.39, 0.29) is 29.7 Å². The first-order chi connectivity index (χ1) is 11.0. The smallest absolute Gasteiger partial charge is 0.191 e. The van der Waals surface area contributed by atoms with Crippen LogP contribution in [0.4, 0.5) is 0 Å². The summed E-state index contributed by atoms with van der Waals surface area (Å²) in [6, 6.07) is 8.68. The van der Waals surface area contributed by atoms with Crippen LogP contribution in [-0.4, -0.2) is 33.7 Å². The van der Waals surface area contributed by atoms with E-state index in [1.54, 1.807) is 42.6 Å². The Hall–Kier alpha value is -0.650. The maximum absolute atomic E-state index is 12.2. The van der Waals surface area contributed by atoms with E-state index in [1.165, 1.54) is 5.56 Å². The maximum atomic E-state index is 12.2. The van der Waals surface area contributed by atoms with Gasteiger partial charge in [0.1, 0.15) is 0 Å². The Morgan fingerprint density at radius 2 is 1.92 bits per heavy atom. The van der Waals surface area contributed by atoms with Crippen molar-refractivity contribution in [3.63, 3.8) is 0 Å². The fraction of sp³-hybridized carbons (Fsp3) is 0.267. The highest BCUT2D eigenvalue weighted by molar-refractivity contribution is 14.0. The van der Waals surface area contributed by atoms with Crippen LogP contribution in [0.5, 0.6) is 0 Å². The van der Waals surface area contributed by atoms with Gasteiger partial charge in [-0.25, -0.2) is 8.42 Å². The Morgan fingerprint density at radius 1 is 1.21 bits per heavy atom. The Bertz CT molecular complexity index is 748. The van der Waals surface area contributed by atoms with E-state index in [1.807, 2.05) is 11.4 Å². The lowest BCUT2D eigenvalue weighted by molar-refractivity contribution is 0.594. The molecule has 5 nitrogen and oxygen atoms in total. The van der Waals surface area contributed by atoms with Gasteiger partial charge in [-0.1, -0.05) is 15.9 Å². The number of thiophene rings is 1. The van der Waals surface area contributed by atoms with Crippen molar-refractivity contribution in [1.29, 1.82) is 0 Å². The number of aliphatic imine (C=N–C) groups is 1. The van der Waals surface area contributed by atoms with Crippen LogP contribution in [0.3, 0.4) is 0 Å². The highest BCUT2D eigenvalue weighted by atomic mass is 127. The molecule has 0 saturated heterocycles. The maximum Gasteiger partial charge on any atom is 0.191 e. The second kappa shape index (κ2) is 10.4. The highest BCUT2D eigenvalue weighted by Gasteiger charge is 2.14. The standard InChI is InChI=1S/C15H18BrN3O2S2.HI/c1-17-15(19-10-12-6-8-22-11-12)18-7-9-23(20,21)14-4-2-13(16)3-5-14;/h2-6,8,11H,7,9-10H2,1H3,(H2,17,18,19);1H. The van der Waals surface area contributed by atoms with E-state index in [2.05, 4.69) is 36.9 Å². The van der Waals surface area contributed by atoms with Crippen molar-refractivity contribution in [3.8, 4) is 0 Å². The van der Waals surface area contributed by atoms with Crippen LogP contribution in [0, 0.1) is 0 Å². The molecule has 1 aromatic heterocycles. The van der Waals surface area contributed by atoms with E-state index in [0.29, 0.717) is 23.9 Å². The molecule has 24 heavy (non-hydrogen) atoms. The third-order valence-corrected chi connectivity index (χ3v) is 6.09. The van der Waals surface area contributed by atoms with Gasteiger partial charge in [0.25, 0.3) is 0 Å². The van der Waals surface area contributed by atoms with E-state index in [9.17, 15) is 8.42 Å². The molecule has 0 bridgehead atoms. The number of nitrogens with zero attached hydrogens (tertiary/aromatic N) is 1. The largest absolute Gasteiger partial charge is 0.355 e. The molecule has 0 atom stereocenters. The van der Waals surface area contributed by atoms with Gasteiger partial charge in [0, 0.05) is 24.6 Å². The van der Waals surface area contributed by atoms with Crippen LogP contribution in [0.25, 0.3) is 0 Å². The van der Waals surface area contributed by atoms with Crippen LogP contribution in [0.1, 0.15) is 5.56 Å². The summed E-state index contributed by atoms with van der Waals surface area (Å²) in [4.78, 5) is 4.41. The third-order valence-electron chi connectivity index (χ3n) is 3.10. The number of benzene rings is 1. The van der Waals surface area contributed by atoms with Crippen molar-refractivity contribution in [2.45, 2.75) is 11.4 Å². The van der Waals surface area contributed by atoms with Crippen molar-refractivity contribution >= 4 is 67.0 Å². The minimum absolute atomic E-state index is 0. The van der Waals surface area contributed by atoms with Crippen LogP contribution in [0.15, 0.2) is 55.5 Å². The zero-order valence-electron chi connectivity index (χ0n) is 13.0. The summed E-state index contributed by atoms with van der Waals surface area (Å²) in [5, 5.41) is 10.2. The summed E-state index contributed by atoms with van der Waals surface area (Å²) >= 11 is 4.93. The van der Waals surface area contributed by atoms with Gasteiger partial charge in [0.15, 0.2) is 15.8 Å². The van der Waals surface area contributed by atoms with Crippen molar-refractivity contribution < 1.29 is 8.42 Å². The molecule has 2 N–H and O–H groups in total. The number of sulfone groups is 1. The van der Waals surface area contributed by atoms with E-state index < -0.39 is 9.84 Å². The van der Waals surface area contributed by atoms with Crippen molar-refractivity contribution in [2.24, 2.45) is 4.99 Å². The molecule has 0 saturated carbocycles. The zero-order chi connectivity index (χ0) is 16.7. The monoisotopic (exact) mass is 543 g/mol. The summed E-state index contributed by atoms with van der Waals surface area (Å²) in [7, 11) is -1.64. The predicted octanol–water partition coefficient (Wildman–Crippen LogP) is 3.27. The van der Waals surface area contributed by atoms with Gasteiger partial charge in [-0.05, 0) is 46.7 Å². The zero-order valence-corrected chi connectivity index (χ0v) is 18.6. The van der Waals surface area contributed by atoms with Gasteiger partial charge in [-0.3, -0.25) is 4.99 Å². The third kappa shape index (κ3) is 6.69. The van der Waals surface area contributed by atoms with Crippen molar-refractivity contribution in [2.75, 3.05) is 19.3 Å². The number of halogens is 2. The van der Waals surface area contributed by atoms with E-state index in [4.69, 9.17) is 0 Å². The summed E-state index contributed by atoms with van der Waals surface area (Å²) < 4.78 is 25.3. The fourth-order valence-corrected chi connectivity index (χ4v) is 3.95. The lowest BCUT2D eigenvalue weighted by Gasteiger charge is -2.11. The quantitative estimate of drug-likeness (QED) is 0.333. The van der Waals surface area contributed by atoms with Crippen LogP contribution in [-0.2, 0) is 16.4 Å². The molecule has 0 fully saturated rings. The summed E-state index contributed by atoms with van der Waals surface area (Å²) in [6.45, 7) is 0.949. The summed E-state index contributed by atoms with van der Waals surface area (Å²) in [6.07, 6.45) is 0. The number of rotatable bonds is 6. The topological polar surface area (TPSA) is 70.6 Å². The van der Waals surface area contributed by atoms with E-state index >= 15 is 0 Å². The molecule has 9 heteroatoms. The molecule has 0 spiro atoms. The molecule has 0 aliphatic carbocycles. The Balaban J connectivity index is 0.00000288.